The van der Waals surface area contributed by atoms with Crippen LogP contribution in [0.25, 0.3) is 0 Å². The lowest BCUT2D eigenvalue weighted by molar-refractivity contribution is -0.118. The van der Waals surface area contributed by atoms with Crippen LogP contribution in [0, 0.1) is 11.7 Å². The van der Waals surface area contributed by atoms with Gasteiger partial charge >= 0.3 is 5.97 Å². The van der Waals surface area contributed by atoms with Crippen LogP contribution in [-0.2, 0) is 9.53 Å². The summed E-state index contributed by atoms with van der Waals surface area (Å²) >= 11 is 0. The van der Waals surface area contributed by atoms with Crippen molar-refractivity contribution in [2.45, 2.75) is 26.9 Å². The molecule has 2 aromatic carbocycles. The summed E-state index contributed by atoms with van der Waals surface area (Å²) in [7, 11) is 0. The van der Waals surface area contributed by atoms with Gasteiger partial charge in [-0.2, -0.15) is 0 Å². The van der Waals surface area contributed by atoms with E-state index in [0.717, 1.165) is 6.07 Å². The van der Waals surface area contributed by atoms with E-state index >= 15 is 0 Å². The highest BCUT2D eigenvalue weighted by molar-refractivity contribution is 6.02. The van der Waals surface area contributed by atoms with E-state index in [1.807, 2.05) is 0 Å². The van der Waals surface area contributed by atoms with Crippen LogP contribution in [0.2, 0.25) is 0 Å². The number of ketones is 1. The number of rotatable bonds is 6. The molecule has 5 nitrogen and oxygen atoms in total. The Kier molecular flexibility index (Phi) is 6.22. The number of ether oxygens (including phenoxy) is 1. The number of halogens is 1. The molecule has 0 radical (unpaired) electrons. The average Bonchev–Trinajstić information content (AvgIpc) is 2.61. The van der Waals surface area contributed by atoms with Crippen LogP contribution >= 0.6 is 0 Å². The zero-order valence-corrected chi connectivity index (χ0v) is 14.8. The fourth-order valence-electron chi connectivity index (χ4n) is 2.14. The zero-order valence-electron chi connectivity index (χ0n) is 14.8. The molecule has 0 saturated heterocycles. The Morgan fingerprint density at radius 3 is 2.15 bits per heavy atom. The zero-order chi connectivity index (χ0) is 19.3. The van der Waals surface area contributed by atoms with Crippen LogP contribution in [0.5, 0.6) is 0 Å². The molecule has 6 heteroatoms. The molecule has 0 aromatic heterocycles. The predicted molar refractivity (Wildman–Crippen MR) is 95.5 cm³/mol. The summed E-state index contributed by atoms with van der Waals surface area (Å²) in [6, 6.07) is 11.7. The van der Waals surface area contributed by atoms with Gasteiger partial charge < -0.3 is 10.1 Å². The molecule has 0 aliphatic carbocycles. The fourth-order valence-corrected chi connectivity index (χ4v) is 2.14. The second-order valence-electron chi connectivity index (χ2n) is 6.11. The van der Waals surface area contributed by atoms with Crippen molar-refractivity contribution in [2.24, 2.45) is 5.92 Å². The fraction of sp³-hybridized carbons (Fsp3) is 0.250. The van der Waals surface area contributed by atoms with Crippen molar-refractivity contribution in [3.8, 4) is 0 Å². The number of esters is 1. The normalized spacial score (nSPS) is 11.7. The molecule has 1 atom stereocenters. The lowest BCUT2D eigenvalue weighted by atomic mass is 10.1. The number of carbonyl (C=O) groups excluding carboxylic acids is 3. The smallest absolute Gasteiger partial charge is 0.341 e. The van der Waals surface area contributed by atoms with Gasteiger partial charge in [0.05, 0.1) is 5.56 Å². The Morgan fingerprint density at radius 2 is 1.58 bits per heavy atom. The molecule has 26 heavy (non-hydrogen) atoms. The molecule has 1 N–H and O–H groups in total. The van der Waals surface area contributed by atoms with Crippen molar-refractivity contribution in [1.82, 2.24) is 0 Å². The number of nitrogens with one attached hydrogen (secondary N) is 1. The molecule has 0 aliphatic heterocycles. The molecule has 0 unspecified atom stereocenters. The van der Waals surface area contributed by atoms with Crippen molar-refractivity contribution in [3.63, 3.8) is 0 Å². The number of hydrogen-bond acceptors (Lipinski definition) is 4. The third kappa shape index (κ3) is 4.75. The predicted octanol–water partition coefficient (Wildman–Crippen LogP) is 3.85. The summed E-state index contributed by atoms with van der Waals surface area (Å²) in [6.07, 6.45) is -1.07. The molecular formula is C20H20FNO4. The van der Waals surface area contributed by atoms with Crippen LogP contribution in [0.15, 0.2) is 48.5 Å². The van der Waals surface area contributed by atoms with Gasteiger partial charge in [0.15, 0.2) is 6.10 Å². The van der Waals surface area contributed by atoms with Gasteiger partial charge in [0.1, 0.15) is 5.82 Å². The molecule has 0 heterocycles. The molecule has 1 amide bonds. The van der Waals surface area contributed by atoms with Crippen LogP contribution in [-0.4, -0.2) is 23.8 Å². The van der Waals surface area contributed by atoms with E-state index in [1.54, 1.807) is 26.0 Å². The number of carbonyl (C=O) groups is 3. The Balaban J connectivity index is 2.03. The lowest BCUT2D eigenvalue weighted by Crippen LogP contribution is -2.25. The molecule has 0 spiro atoms. The average molecular weight is 357 g/mol. The molecule has 0 aliphatic rings. The van der Waals surface area contributed by atoms with Gasteiger partial charge in [0.25, 0.3) is 0 Å². The Labute approximate surface area is 151 Å². The summed E-state index contributed by atoms with van der Waals surface area (Å²) in [5, 5.41) is 2.72. The Bertz CT molecular complexity index is 815. The van der Waals surface area contributed by atoms with Crippen LogP contribution < -0.4 is 5.32 Å². The molecular weight excluding hydrogens is 337 g/mol. The second kappa shape index (κ2) is 8.38. The van der Waals surface area contributed by atoms with Crippen molar-refractivity contribution >= 4 is 23.3 Å². The highest BCUT2D eigenvalue weighted by atomic mass is 19.1. The first-order valence-corrected chi connectivity index (χ1v) is 8.20. The van der Waals surface area contributed by atoms with Gasteiger partial charge in [-0.25, -0.2) is 9.18 Å². The lowest BCUT2D eigenvalue weighted by Gasteiger charge is -2.13. The first-order chi connectivity index (χ1) is 12.3. The molecule has 0 fully saturated rings. The van der Waals surface area contributed by atoms with E-state index in [-0.39, 0.29) is 17.4 Å². The van der Waals surface area contributed by atoms with Crippen molar-refractivity contribution in [1.29, 1.82) is 0 Å². The van der Waals surface area contributed by atoms with Gasteiger partial charge in [-0.1, -0.05) is 26.0 Å². The Morgan fingerprint density at radius 1 is 0.962 bits per heavy atom. The van der Waals surface area contributed by atoms with Crippen LogP contribution in [0.4, 0.5) is 10.1 Å². The summed E-state index contributed by atoms with van der Waals surface area (Å²) in [4.78, 5) is 36.0. The van der Waals surface area contributed by atoms with E-state index < -0.39 is 23.7 Å². The van der Waals surface area contributed by atoms with Crippen molar-refractivity contribution < 1.29 is 23.5 Å². The second-order valence-corrected chi connectivity index (χ2v) is 6.11. The highest BCUT2D eigenvalue weighted by Crippen LogP contribution is 2.15. The summed E-state index contributed by atoms with van der Waals surface area (Å²) in [5.41, 5.74) is 0.663. The van der Waals surface area contributed by atoms with Gasteiger partial charge in [-0.3, -0.25) is 9.59 Å². The van der Waals surface area contributed by atoms with Gasteiger partial charge in [-0.05, 0) is 43.3 Å². The van der Waals surface area contributed by atoms with E-state index in [2.05, 4.69) is 5.32 Å². The number of benzene rings is 2. The maximum Gasteiger partial charge on any atom is 0.341 e. The van der Waals surface area contributed by atoms with E-state index in [4.69, 9.17) is 4.74 Å². The third-order valence-corrected chi connectivity index (χ3v) is 3.71. The van der Waals surface area contributed by atoms with Crippen LogP contribution in [0.3, 0.4) is 0 Å². The minimum Gasteiger partial charge on any atom is -0.451 e. The van der Waals surface area contributed by atoms with E-state index in [0.29, 0.717) is 11.3 Å². The quantitative estimate of drug-likeness (QED) is 0.630. The van der Waals surface area contributed by atoms with E-state index in [1.165, 1.54) is 37.3 Å². The number of hydrogen-bond donors (Lipinski definition) is 1. The van der Waals surface area contributed by atoms with E-state index in [9.17, 15) is 18.8 Å². The summed E-state index contributed by atoms with van der Waals surface area (Å²) in [5.74, 6) is -2.31. The maximum absolute atomic E-state index is 13.6. The largest absolute Gasteiger partial charge is 0.451 e. The van der Waals surface area contributed by atoms with Crippen molar-refractivity contribution in [3.05, 3.63) is 65.5 Å². The topological polar surface area (TPSA) is 72.5 Å². The molecule has 0 saturated carbocycles. The molecule has 0 bridgehead atoms. The SMILES string of the molecule is CC(C)C(=O)Nc1ccc(C(=O)[C@@H](C)OC(=O)c2ccccc2F)cc1. The van der Waals surface area contributed by atoms with Gasteiger partial charge in [0, 0.05) is 17.2 Å². The summed E-state index contributed by atoms with van der Waals surface area (Å²) < 4.78 is 18.7. The monoisotopic (exact) mass is 357 g/mol. The minimum absolute atomic E-state index is 0.128. The number of amides is 1. The van der Waals surface area contributed by atoms with Crippen LogP contribution in [0.1, 0.15) is 41.5 Å². The standard InChI is InChI=1S/C20H20FNO4/c1-12(2)19(24)22-15-10-8-14(9-11-15)18(23)13(3)26-20(25)16-6-4-5-7-17(16)21/h4-13H,1-3H3,(H,22,24)/t13-/m1/s1. The van der Waals surface area contributed by atoms with Gasteiger partial charge in [0.2, 0.25) is 11.7 Å². The molecule has 2 aromatic rings. The highest BCUT2D eigenvalue weighted by Gasteiger charge is 2.22. The van der Waals surface area contributed by atoms with Crippen molar-refractivity contribution in [2.75, 3.05) is 5.32 Å². The summed E-state index contributed by atoms with van der Waals surface area (Å²) in [6.45, 7) is 4.98. The maximum atomic E-state index is 13.6. The number of Topliss-reactive ketones (excluding diaryl/α,β-unsaturated/α-hetero) is 1. The molecule has 2 rings (SSSR count). The van der Waals surface area contributed by atoms with Gasteiger partial charge in [-0.15, -0.1) is 0 Å². The third-order valence-electron chi connectivity index (χ3n) is 3.71. The first-order valence-electron chi connectivity index (χ1n) is 8.20. The number of anilines is 1. The first kappa shape index (κ1) is 19.3. The molecule has 136 valence electrons. The Hall–Kier alpha value is -3.02. The minimum atomic E-state index is -1.07.